The minimum Gasteiger partial charge on any atom is -0.469 e. The summed E-state index contributed by atoms with van der Waals surface area (Å²) in [6.45, 7) is 1.13. The van der Waals surface area contributed by atoms with E-state index in [2.05, 4.69) is 0 Å². The molecule has 0 radical (unpaired) electrons. The number of carbonyl (C=O) groups is 4. The zero-order valence-electron chi connectivity index (χ0n) is 18.9. The number of hydrogen-bond donors (Lipinski definition) is 0. The van der Waals surface area contributed by atoms with Crippen LogP contribution in [-0.2, 0) is 35.2 Å². The highest BCUT2D eigenvalue weighted by Gasteiger charge is 2.59. The maximum absolute atomic E-state index is 13.6. The Kier molecular flexibility index (Phi) is 6.81. The molecule has 0 unspecified atom stereocenters. The van der Waals surface area contributed by atoms with Gasteiger partial charge in [-0.3, -0.25) is 14.4 Å². The second-order valence-electron chi connectivity index (χ2n) is 8.86. The van der Waals surface area contributed by atoms with Gasteiger partial charge in [-0.25, -0.2) is 9.69 Å². The van der Waals surface area contributed by atoms with E-state index in [0.717, 1.165) is 41.7 Å². The summed E-state index contributed by atoms with van der Waals surface area (Å²) in [5, 5.41) is 0. The van der Waals surface area contributed by atoms with Crippen molar-refractivity contribution in [2.75, 3.05) is 13.7 Å². The first kappa shape index (κ1) is 23.0. The van der Waals surface area contributed by atoms with Crippen molar-refractivity contribution in [1.82, 2.24) is 4.90 Å². The summed E-state index contributed by atoms with van der Waals surface area (Å²) in [4.78, 5) is 52.1. The van der Waals surface area contributed by atoms with E-state index in [1.807, 2.05) is 36.4 Å². The Bertz CT molecular complexity index is 957. The smallest absolute Gasteiger partial charge is 0.417 e. The van der Waals surface area contributed by atoms with Gasteiger partial charge in [-0.15, -0.1) is 0 Å². The van der Waals surface area contributed by atoms with Crippen molar-refractivity contribution >= 4 is 23.9 Å². The summed E-state index contributed by atoms with van der Waals surface area (Å²) in [5.74, 6) is -3.38. The van der Waals surface area contributed by atoms with Crippen LogP contribution in [0.1, 0.15) is 38.2 Å². The minimum absolute atomic E-state index is 0.00319. The third-order valence-electron chi connectivity index (χ3n) is 6.98. The van der Waals surface area contributed by atoms with Crippen LogP contribution in [0, 0.1) is 23.7 Å². The van der Waals surface area contributed by atoms with Crippen LogP contribution in [-0.4, -0.2) is 48.6 Å². The predicted octanol–water partition coefficient (Wildman–Crippen LogP) is 3.25. The highest BCUT2D eigenvalue weighted by atomic mass is 16.6. The molecule has 1 saturated heterocycles. The van der Waals surface area contributed by atoms with Crippen molar-refractivity contribution in [2.45, 2.75) is 45.3 Å². The van der Waals surface area contributed by atoms with Crippen molar-refractivity contribution in [3.05, 3.63) is 47.5 Å². The SMILES string of the molecule is COC(=O)[C@@H]1[C@@H]2C(=O)N(C(=O)OCc3ccccc3)[C@H](COC(C)=O)[C@@H]2C=C2CCCC[C@H]21. The first-order chi connectivity index (χ1) is 15.9. The van der Waals surface area contributed by atoms with Crippen LogP contribution in [0.5, 0.6) is 0 Å². The minimum atomic E-state index is -0.805. The second-order valence-corrected chi connectivity index (χ2v) is 8.86. The molecule has 8 nitrogen and oxygen atoms in total. The fourth-order valence-electron chi connectivity index (χ4n) is 5.54. The molecule has 8 heteroatoms. The van der Waals surface area contributed by atoms with Crippen LogP contribution < -0.4 is 0 Å². The standard InChI is InChI=1S/C25H29NO7/c1-15(27)32-14-20-19-12-17-10-6-7-11-18(17)22(24(29)31-2)21(19)23(28)26(20)25(30)33-13-16-8-4-3-5-9-16/h3-5,8-9,12,18-22H,6-7,10-11,13-14H2,1-2H3/t18-,19+,20-,21-,22+/m1/s1. The van der Waals surface area contributed by atoms with Crippen LogP contribution in [0.2, 0.25) is 0 Å². The van der Waals surface area contributed by atoms with Crippen molar-refractivity contribution in [3.8, 4) is 0 Å². The topological polar surface area (TPSA) is 99.2 Å². The van der Waals surface area contributed by atoms with E-state index in [4.69, 9.17) is 14.2 Å². The highest BCUT2D eigenvalue weighted by Crippen LogP contribution is 2.50. The lowest BCUT2D eigenvalue weighted by Gasteiger charge is -2.40. The van der Waals surface area contributed by atoms with E-state index in [1.165, 1.54) is 14.0 Å². The first-order valence-corrected chi connectivity index (χ1v) is 11.4. The summed E-state index contributed by atoms with van der Waals surface area (Å²) in [7, 11) is 1.32. The largest absolute Gasteiger partial charge is 0.469 e. The normalized spacial score (nSPS) is 28.3. The van der Waals surface area contributed by atoms with Crippen LogP contribution in [0.25, 0.3) is 0 Å². The van der Waals surface area contributed by atoms with Crippen LogP contribution in [0.15, 0.2) is 42.0 Å². The lowest BCUT2D eigenvalue weighted by Crippen LogP contribution is -2.43. The first-order valence-electron chi connectivity index (χ1n) is 11.4. The summed E-state index contributed by atoms with van der Waals surface area (Å²) in [5.41, 5.74) is 1.91. The zero-order valence-corrected chi connectivity index (χ0v) is 18.9. The van der Waals surface area contributed by atoms with Gasteiger partial charge in [0.1, 0.15) is 13.2 Å². The number of hydrogen-bond acceptors (Lipinski definition) is 7. The Labute approximate surface area is 192 Å². The van der Waals surface area contributed by atoms with E-state index < -0.39 is 47.7 Å². The fraction of sp³-hybridized carbons (Fsp3) is 0.520. The number of esters is 2. The molecule has 0 spiro atoms. The number of carbonyl (C=O) groups excluding carboxylic acids is 4. The van der Waals surface area contributed by atoms with Crippen LogP contribution in [0.3, 0.4) is 0 Å². The molecule has 33 heavy (non-hydrogen) atoms. The molecule has 2 fully saturated rings. The summed E-state index contributed by atoms with van der Waals surface area (Å²) in [6, 6.07) is 8.41. The number of amides is 2. The Morgan fingerprint density at radius 3 is 2.55 bits per heavy atom. The molecule has 176 valence electrons. The monoisotopic (exact) mass is 455 g/mol. The lowest BCUT2D eigenvalue weighted by atomic mass is 9.63. The molecule has 4 rings (SSSR count). The van der Waals surface area contributed by atoms with Gasteiger partial charge >= 0.3 is 18.0 Å². The molecule has 2 aliphatic carbocycles. The molecule has 0 aromatic heterocycles. The number of likely N-dealkylation sites (tertiary alicyclic amines) is 1. The third-order valence-corrected chi connectivity index (χ3v) is 6.98. The predicted molar refractivity (Wildman–Crippen MR) is 116 cm³/mol. The van der Waals surface area contributed by atoms with Crippen LogP contribution in [0.4, 0.5) is 4.79 Å². The van der Waals surface area contributed by atoms with E-state index in [-0.39, 0.29) is 19.1 Å². The molecule has 1 heterocycles. The third kappa shape index (κ3) is 4.51. The maximum Gasteiger partial charge on any atom is 0.417 e. The number of imide groups is 1. The summed E-state index contributed by atoms with van der Waals surface area (Å²) in [6.07, 6.45) is 4.86. The molecule has 3 aliphatic rings. The Morgan fingerprint density at radius 1 is 1.09 bits per heavy atom. The van der Waals surface area contributed by atoms with Crippen molar-refractivity contribution in [2.24, 2.45) is 23.7 Å². The molecule has 1 aromatic rings. The Morgan fingerprint density at radius 2 is 1.85 bits per heavy atom. The summed E-state index contributed by atoms with van der Waals surface area (Å²) >= 11 is 0. The summed E-state index contributed by atoms with van der Waals surface area (Å²) < 4.78 is 15.8. The number of benzene rings is 1. The van der Waals surface area contributed by atoms with Gasteiger partial charge in [-0.2, -0.15) is 0 Å². The number of methoxy groups -OCH3 is 1. The molecule has 0 bridgehead atoms. The van der Waals surface area contributed by atoms with E-state index in [1.54, 1.807) is 0 Å². The molecule has 1 aliphatic heterocycles. The van der Waals surface area contributed by atoms with Gasteiger partial charge in [0.15, 0.2) is 0 Å². The lowest BCUT2D eigenvalue weighted by molar-refractivity contribution is -0.154. The molecule has 0 N–H and O–H groups in total. The number of rotatable bonds is 5. The van der Waals surface area contributed by atoms with Crippen molar-refractivity contribution in [3.63, 3.8) is 0 Å². The van der Waals surface area contributed by atoms with Crippen LogP contribution >= 0.6 is 0 Å². The van der Waals surface area contributed by atoms with Gasteiger partial charge in [-0.1, -0.05) is 48.4 Å². The fourth-order valence-corrected chi connectivity index (χ4v) is 5.54. The molecule has 1 saturated carbocycles. The maximum atomic E-state index is 13.6. The number of nitrogens with zero attached hydrogens (tertiary/aromatic N) is 1. The average Bonchev–Trinajstić information content (AvgIpc) is 3.10. The van der Waals surface area contributed by atoms with E-state index in [9.17, 15) is 19.2 Å². The Hall–Kier alpha value is -3.16. The van der Waals surface area contributed by atoms with Gasteiger partial charge in [-0.05, 0) is 30.7 Å². The second kappa shape index (κ2) is 9.77. The van der Waals surface area contributed by atoms with E-state index >= 15 is 0 Å². The molecular weight excluding hydrogens is 426 g/mol. The average molecular weight is 456 g/mol. The highest BCUT2D eigenvalue weighted by molar-refractivity contribution is 5.98. The van der Waals surface area contributed by atoms with Gasteiger partial charge in [0, 0.05) is 12.8 Å². The van der Waals surface area contributed by atoms with Gasteiger partial charge < -0.3 is 14.2 Å². The number of allylic oxidation sites excluding steroid dienone is 1. The Balaban J connectivity index is 1.65. The molecular formula is C25H29NO7. The van der Waals surface area contributed by atoms with Gasteiger partial charge in [0.2, 0.25) is 5.91 Å². The number of ether oxygens (including phenoxy) is 3. The molecule has 2 amide bonds. The molecule has 1 aromatic carbocycles. The number of fused-ring (bicyclic) bond motifs is 2. The van der Waals surface area contributed by atoms with Crippen molar-refractivity contribution < 1.29 is 33.4 Å². The molecule has 5 atom stereocenters. The van der Waals surface area contributed by atoms with Gasteiger partial charge in [0.25, 0.3) is 0 Å². The van der Waals surface area contributed by atoms with Crippen molar-refractivity contribution in [1.29, 1.82) is 0 Å². The quantitative estimate of drug-likeness (QED) is 0.382. The van der Waals surface area contributed by atoms with E-state index in [0.29, 0.717) is 0 Å². The van der Waals surface area contributed by atoms with Gasteiger partial charge in [0.05, 0.1) is 25.0 Å². The zero-order chi connectivity index (χ0) is 23.5.